The first-order chi connectivity index (χ1) is 8.56. The fourth-order valence-electron chi connectivity index (χ4n) is 1.60. The lowest BCUT2D eigenvalue weighted by atomic mass is 10.1. The molecule has 0 radical (unpaired) electrons. The van der Waals surface area contributed by atoms with Crippen molar-refractivity contribution in [2.24, 2.45) is 0 Å². The zero-order valence-electron chi connectivity index (χ0n) is 9.71. The lowest BCUT2D eigenvalue weighted by Gasteiger charge is -2.14. The molecule has 0 amide bonds. The highest BCUT2D eigenvalue weighted by Crippen LogP contribution is 2.24. The molecule has 0 saturated carbocycles. The first-order valence-corrected chi connectivity index (χ1v) is 7.89. The van der Waals surface area contributed by atoms with Gasteiger partial charge in [-0.2, -0.15) is 0 Å². The summed E-state index contributed by atoms with van der Waals surface area (Å²) in [6.45, 7) is 2.88. The van der Waals surface area contributed by atoms with Crippen LogP contribution in [0.4, 0.5) is 4.39 Å². The summed E-state index contributed by atoms with van der Waals surface area (Å²) in [5, 5.41) is 3.42. The second-order valence-electron chi connectivity index (χ2n) is 3.98. The van der Waals surface area contributed by atoms with Crippen LogP contribution in [0.1, 0.15) is 23.4 Å². The SMILES string of the molecule is CC(NCc1ccc(Br)s1)c1ccc(F)c(Br)c1. The Hall–Kier alpha value is -0.230. The van der Waals surface area contributed by atoms with Crippen molar-refractivity contribution >= 4 is 43.2 Å². The Morgan fingerprint density at radius 1 is 1.28 bits per heavy atom. The molecule has 1 nitrogen and oxygen atoms in total. The molecule has 0 spiro atoms. The highest BCUT2D eigenvalue weighted by atomic mass is 79.9. The smallest absolute Gasteiger partial charge is 0.137 e. The third-order valence-corrected chi connectivity index (χ3v) is 4.89. The Kier molecular flexibility index (Phi) is 4.95. The maximum absolute atomic E-state index is 13.1. The van der Waals surface area contributed by atoms with E-state index in [-0.39, 0.29) is 11.9 Å². The molecule has 1 heterocycles. The molecule has 1 aromatic heterocycles. The van der Waals surface area contributed by atoms with Crippen LogP contribution in [0.15, 0.2) is 38.6 Å². The molecule has 1 N–H and O–H groups in total. The second-order valence-corrected chi connectivity index (χ2v) is 7.38. The van der Waals surface area contributed by atoms with Gasteiger partial charge in [-0.3, -0.25) is 0 Å². The number of rotatable bonds is 4. The van der Waals surface area contributed by atoms with E-state index in [1.807, 2.05) is 18.2 Å². The van der Waals surface area contributed by atoms with E-state index in [4.69, 9.17) is 0 Å². The minimum absolute atomic E-state index is 0.183. The number of benzene rings is 1. The lowest BCUT2D eigenvalue weighted by molar-refractivity contribution is 0.573. The number of halogens is 3. The van der Waals surface area contributed by atoms with E-state index >= 15 is 0 Å². The summed E-state index contributed by atoms with van der Waals surface area (Å²) in [7, 11) is 0. The largest absolute Gasteiger partial charge is 0.305 e. The number of hydrogen-bond acceptors (Lipinski definition) is 2. The molecule has 0 saturated heterocycles. The molecular weight excluding hydrogens is 381 g/mol. The van der Waals surface area contributed by atoms with Crippen LogP contribution in [-0.2, 0) is 6.54 Å². The second kappa shape index (κ2) is 6.28. The number of hydrogen-bond donors (Lipinski definition) is 1. The summed E-state index contributed by atoms with van der Waals surface area (Å²) in [6.07, 6.45) is 0. The van der Waals surface area contributed by atoms with E-state index in [1.165, 1.54) is 10.9 Å². The van der Waals surface area contributed by atoms with E-state index in [1.54, 1.807) is 11.3 Å². The first-order valence-electron chi connectivity index (χ1n) is 5.49. The van der Waals surface area contributed by atoms with Gasteiger partial charge in [0.1, 0.15) is 5.82 Å². The molecule has 1 unspecified atom stereocenters. The molecule has 2 rings (SSSR count). The van der Waals surface area contributed by atoms with Crippen molar-refractivity contribution in [1.29, 1.82) is 0 Å². The molecule has 5 heteroatoms. The van der Waals surface area contributed by atoms with Gasteiger partial charge in [0.15, 0.2) is 0 Å². The van der Waals surface area contributed by atoms with Crippen LogP contribution in [0.5, 0.6) is 0 Å². The highest BCUT2D eigenvalue weighted by Gasteiger charge is 2.08. The lowest BCUT2D eigenvalue weighted by Crippen LogP contribution is -2.17. The van der Waals surface area contributed by atoms with E-state index in [0.717, 1.165) is 15.9 Å². The van der Waals surface area contributed by atoms with Crippen LogP contribution in [0, 0.1) is 5.82 Å². The van der Waals surface area contributed by atoms with Crippen molar-refractivity contribution in [2.75, 3.05) is 0 Å². The third-order valence-electron chi connectivity index (χ3n) is 2.65. The Bertz CT molecular complexity index is 542. The molecule has 1 aromatic carbocycles. The van der Waals surface area contributed by atoms with Gasteiger partial charge in [0, 0.05) is 17.5 Å². The van der Waals surface area contributed by atoms with E-state index in [2.05, 4.69) is 50.2 Å². The number of nitrogens with one attached hydrogen (secondary N) is 1. The zero-order valence-corrected chi connectivity index (χ0v) is 13.7. The van der Waals surface area contributed by atoms with Gasteiger partial charge >= 0.3 is 0 Å². The third kappa shape index (κ3) is 3.63. The molecule has 2 aromatic rings. The van der Waals surface area contributed by atoms with Gasteiger partial charge in [0.25, 0.3) is 0 Å². The van der Waals surface area contributed by atoms with Gasteiger partial charge in [-0.05, 0) is 68.6 Å². The van der Waals surface area contributed by atoms with Crippen molar-refractivity contribution in [3.63, 3.8) is 0 Å². The van der Waals surface area contributed by atoms with Crippen molar-refractivity contribution in [2.45, 2.75) is 19.5 Å². The molecule has 96 valence electrons. The average Bonchev–Trinajstić information content (AvgIpc) is 2.75. The molecule has 0 aliphatic heterocycles. The van der Waals surface area contributed by atoms with Gasteiger partial charge in [-0.1, -0.05) is 6.07 Å². The molecular formula is C13H12Br2FNS. The minimum Gasteiger partial charge on any atom is -0.305 e. The monoisotopic (exact) mass is 391 g/mol. The minimum atomic E-state index is -0.229. The van der Waals surface area contributed by atoms with Gasteiger partial charge in [-0.25, -0.2) is 4.39 Å². The van der Waals surface area contributed by atoms with Crippen LogP contribution in [0.2, 0.25) is 0 Å². The topological polar surface area (TPSA) is 12.0 Å². The van der Waals surface area contributed by atoms with Crippen molar-refractivity contribution in [3.05, 3.63) is 54.8 Å². The van der Waals surface area contributed by atoms with Crippen LogP contribution in [0.3, 0.4) is 0 Å². The Morgan fingerprint density at radius 3 is 2.67 bits per heavy atom. The van der Waals surface area contributed by atoms with Crippen LogP contribution >= 0.6 is 43.2 Å². The van der Waals surface area contributed by atoms with E-state index in [9.17, 15) is 4.39 Å². The molecule has 0 bridgehead atoms. The molecule has 0 aliphatic carbocycles. The van der Waals surface area contributed by atoms with Gasteiger partial charge < -0.3 is 5.32 Å². The molecule has 18 heavy (non-hydrogen) atoms. The van der Waals surface area contributed by atoms with Gasteiger partial charge in [0.05, 0.1) is 8.26 Å². The normalized spacial score (nSPS) is 12.7. The average molecular weight is 393 g/mol. The molecule has 1 atom stereocenters. The Labute approximate surface area is 127 Å². The quantitative estimate of drug-likeness (QED) is 0.747. The summed E-state index contributed by atoms with van der Waals surface area (Å²) in [6, 6.07) is 9.43. The van der Waals surface area contributed by atoms with Crippen molar-refractivity contribution in [1.82, 2.24) is 5.32 Å². The van der Waals surface area contributed by atoms with E-state index in [0.29, 0.717) is 4.47 Å². The predicted molar refractivity (Wildman–Crippen MR) is 81.4 cm³/mol. The summed E-state index contributed by atoms with van der Waals surface area (Å²) in [4.78, 5) is 1.27. The fraction of sp³-hybridized carbons (Fsp3) is 0.231. The zero-order chi connectivity index (χ0) is 13.1. The van der Waals surface area contributed by atoms with Crippen LogP contribution in [0.25, 0.3) is 0 Å². The Balaban J connectivity index is 1.99. The summed E-state index contributed by atoms with van der Waals surface area (Å²) in [5.41, 5.74) is 1.07. The maximum Gasteiger partial charge on any atom is 0.137 e. The Morgan fingerprint density at radius 2 is 2.06 bits per heavy atom. The molecule has 0 fully saturated rings. The maximum atomic E-state index is 13.1. The highest BCUT2D eigenvalue weighted by molar-refractivity contribution is 9.11. The number of thiophene rings is 1. The van der Waals surface area contributed by atoms with Crippen molar-refractivity contribution < 1.29 is 4.39 Å². The van der Waals surface area contributed by atoms with Gasteiger partial charge in [0.2, 0.25) is 0 Å². The predicted octanol–water partition coefficient (Wildman–Crippen LogP) is 5.26. The standard InChI is InChI=1S/C13H12Br2FNS/c1-8(9-2-4-12(16)11(14)6-9)17-7-10-3-5-13(15)18-10/h2-6,8,17H,7H2,1H3. The summed E-state index contributed by atoms with van der Waals surface area (Å²) < 4.78 is 14.8. The summed E-state index contributed by atoms with van der Waals surface area (Å²) in [5.74, 6) is -0.229. The van der Waals surface area contributed by atoms with Gasteiger partial charge in [-0.15, -0.1) is 11.3 Å². The van der Waals surface area contributed by atoms with Crippen molar-refractivity contribution in [3.8, 4) is 0 Å². The first kappa shape index (κ1) is 14.2. The van der Waals surface area contributed by atoms with Crippen LogP contribution < -0.4 is 5.32 Å². The fourth-order valence-corrected chi connectivity index (χ4v) is 3.43. The van der Waals surface area contributed by atoms with E-state index < -0.39 is 0 Å². The molecule has 0 aliphatic rings. The van der Waals surface area contributed by atoms with Crippen LogP contribution in [-0.4, -0.2) is 0 Å². The summed E-state index contributed by atoms with van der Waals surface area (Å²) >= 11 is 8.37.